The molecule has 2 rings (SSSR count). The van der Waals surface area contributed by atoms with Crippen molar-refractivity contribution in [2.75, 3.05) is 0 Å². The Hall–Kier alpha value is -1.26. The topological polar surface area (TPSA) is 51.8 Å². The lowest BCUT2D eigenvalue weighted by molar-refractivity contribution is 0.969. The number of aromatic nitrogens is 2. The molecule has 1 aromatic carbocycles. The molecule has 0 aliphatic rings. The summed E-state index contributed by atoms with van der Waals surface area (Å²) < 4.78 is 1.02. The molecular formula is C11H10BrN3. The van der Waals surface area contributed by atoms with Crippen LogP contribution in [0.15, 0.2) is 41.0 Å². The van der Waals surface area contributed by atoms with E-state index in [0.29, 0.717) is 12.4 Å². The van der Waals surface area contributed by atoms with Crippen molar-refractivity contribution in [2.45, 2.75) is 6.54 Å². The molecule has 2 N–H and O–H groups in total. The van der Waals surface area contributed by atoms with E-state index in [0.717, 1.165) is 15.7 Å². The first-order valence-corrected chi connectivity index (χ1v) is 5.37. The molecule has 0 radical (unpaired) electrons. The lowest BCUT2D eigenvalue weighted by Crippen LogP contribution is -2.01. The van der Waals surface area contributed by atoms with Crippen LogP contribution >= 0.6 is 15.9 Å². The second kappa shape index (κ2) is 4.51. The van der Waals surface area contributed by atoms with Gasteiger partial charge < -0.3 is 5.73 Å². The molecule has 0 saturated heterocycles. The number of hydrogen-bond acceptors (Lipinski definition) is 3. The zero-order valence-electron chi connectivity index (χ0n) is 8.02. The third kappa shape index (κ3) is 2.40. The molecule has 0 unspecified atom stereocenters. The second-order valence-corrected chi connectivity index (χ2v) is 4.00. The Kier molecular flexibility index (Phi) is 3.08. The summed E-state index contributed by atoms with van der Waals surface area (Å²) in [4.78, 5) is 8.56. The van der Waals surface area contributed by atoms with E-state index < -0.39 is 0 Å². The smallest absolute Gasteiger partial charge is 0.159 e. The van der Waals surface area contributed by atoms with E-state index in [-0.39, 0.29) is 0 Å². The van der Waals surface area contributed by atoms with E-state index in [2.05, 4.69) is 25.9 Å². The molecule has 0 saturated carbocycles. The predicted molar refractivity (Wildman–Crippen MR) is 63.1 cm³/mol. The maximum absolute atomic E-state index is 5.53. The van der Waals surface area contributed by atoms with Gasteiger partial charge in [-0.2, -0.15) is 0 Å². The van der Waals surface area contributed by atoms with Crippen molar-refractivity contribution in [3.63, 3.8) is 0 Å². The van der Waals surface area contributed by atoms with Crippen LogP contribution in [0.1, 0.15) is 5.69 Å². The van der Waals surface area contributed by atoms with Crippen LogP contribution < -0.4 is 5.73 Å². The Morgan fingerprint density at radius 1 is 1.27 bits per heavy atom. The van der Waals surface area contributed by atoms with E-state index in [1.807, 2.05) is 30.3 Å². The lowest BCUT2D eigenvalue weighted by Gasteiger charge is -2.02. The molecule has 4 heteroatoms. The molecule has 0 fully saturated rings. The van der Waals surface area contributed by atoms with Gasteiger partial charge in [-0.15, -0.1) is 0 Å². The molecule has 1 aromatic heterocycles. The maximum Gasteiger partial charge on any atom is 0.159 e. The van der Waals surface area contributed by atoms with Gasteiger partial charge in [0.1, 0.15) is 0 Å². The normalized spacial score (nSPS) is 10.3. The molecule has 3 nitrogen and oxygen atoms in total. The van der Waals surface area contributed by atoms with Crippen LogP contribution in [-0.2, 0) is 6.54 Å². The van der Waals surface area contributed by atoms with Crippen LogP contribution in [0.25, 0.3) is 11.4 Å². The molecule has 0 aliphatic carbocycles. The van der Waals surface area contributed by atoms with Gasteiger partial charge >= 0.3 is 0 Å². The zero-order valence-corrected chi connectivity index (χ0v) is 9.61. The molecule has 0 amide bonds. The summed E-state index contributed by atoms with van der Waals surface area (Å²) in [6, 6.07) is 9.70. The highest BCUT2D eigenvalue weighted by atomic mass is 79.9. The van der Waals surface area contributed by atoms with E-state index in [1.165, 1.54) is 0 Å². The quantitative estimate of drug-likeness (QED) is 0.905. The molecule has 76 valence electrons. The molecule has 0 aliphatic heterocycles. The highest BCUT2D eigenvalue weighted by molar-refractivity contribution is 9.10. The van der Waals surface area contributed by atoms with Crippen molar-refractivity contribution in [3.8, 4) is 11.4 Å². The molecule has 2 aromatic rings. The minimum Gasteiger partial charge on any atom is -0.325 e. The summed E-state index contributed by atoms with van der Waals surface area (Å²) in [7, 11) is 0. The zero-order chi connectivity index (χ0) is 10.7. The van der Waals surface area contributed by atoms with Crippen molar-refractivity contribution in [1.29, 1.82) is 0 Å². The number of benzene rings is 1. The summed E-state index contributed by atoms with van der Waals surface area (Å²) in [5.74, 6) is 0.708. The van der Waals surface area contributed by atoms with Gasteiger partial charge in [-0.05, 0) is 18.2 Å². The summed E-state index contributed by atoms with van der Waals surface area (Å²) >= 11 is 3.41. The van der Waals surface area contributed by atoms with E-state index >= 15 is 0 Å². The third-order valence-electron chi connectivity index (χ3n) is 2.01. The molecule has 0 spiro atoms. The van der Waals surface area contributed by atoms with Gasteiger partial charge in [-0.1, -0.05) is 28.1 Å². The third-order valence-corrected chi connectivity index (χ3v) is 2.50. The predicted octanol–water partition coefficient (Wildman–Crippen LogP) is 2.36. The summed E-state index contributed by atoms with van der Waals surface area (Å²) in [5, 5.41) is 0. The van der Waals surface area contributed by atoms with Gasteiger partial charge in [0.25, 0.3) is 0 Å². The van der Waals surface area contributed by atoms with Crippen molar-refractivity contribution < 1.29 is 0 Å². The first kappa shape index (κ1) is 10.3. The maximum atomic E-state index is 5.53. The molecule has 0 atom stereocenters. The first-order valence-electron chi connectivity index (χ1n) is 4.57. The van der Waals surface area contributed by atoms with Gasteiger partial charge in [-0.25, -0.2) is 9.97 Å². The Balaban J connectivity index is 2.44. The summed E-state index contributed by atoms with van der Waals surface area (Å²) in [6.45, 7) is 0.434. The number of nitrogens with zero attached hydrogens (tertiary/aromatic N) is 2. The number of nitrogens with two attached hydrogens (primary N) is 1. The SMILES string of the molecule is NCc1ccnc(-c2cccc(Br)c2)n1. The fourth-order valence-corrected chi connectivity index (χ4v) is 1.68. The highest BCUT2D eigenvalue weighted by Crippen LogP contribution is 2.19. The molecule has 0 bridgehead atoms. The average molecular weight is 264 g/mol. The average Bonchev–Trinajstić information content (AvgIpc) is 2.29. The number of rotatable bonds is 2. The fourth-order valence-electron chi connectivity index (χ4n) is 1.28. The van der Waals surface area contributed by atoms with Crippen molar-refractivity contribution >= 4 is 15.9 Å². The van der Waals surface area contributed by atoms with Gasteiger partial charge in [0.2, 0.25) is 0 Å². The van der Waals surface area contributed by atoms with E-state index in [4.69, 9.17) is 5.73 Å². The largest absolute Gasteiger partial charge is 0.325 e. The van der Waals surface area contributed by atoms with E-state index in [9.17, 15) is 0 Å². The molecule has 15 heavy (non-hydrogen) atoms. The lowest BCUT2D eigenvalue weighted by atomic mass is 10.2. The Morgan fingerprint density at radius 2 is 2.13 bits per heavy atom. The second-order valence-electron chi connectivity index (χ2n) is 3.09. The summed E-state index contributed by atoms with van der Waals surface area (Å²) in [6.07, 6.45) is 1.73. The highest BCUT2D eigenvalue weighted by Gasteiger charge is 2.01. The van der Waals surface area contributed by atoms with Gasteiger partial charge in [0.05, 0.1) is 5.69 Å². The van der Waals surface area contributed by atoms with Crippen LogP contribution in [0.5, 0.6) is 0 Å². The minimum atomic E-state index is 0.434. The molecule has 1 heterocycles. The van der Waals surface area contributed by atoms with Gasteiger partial charge in [0, 0.05) is 22.8 Å². The van der Waals surface area contributed by atoms with Crippen LogP contribution in [0.2, 0.25) is 0 Å². The van der Waals surface area contributed by atoms with Crippen LogP contribution in [0, 0.1) is 0 Å². The van der Waals surface area contributed by atoms with Crippen LogP contribution in [0.4, 0.5) is 0 Å². The summed E-state index contributed by atoms with van der Waals surface area (Å²) in [5.41, 5.74) is 7.36. The Labute approximate surface area is 96.5 Å². The molecular weight excluding hydrogens is 254 g/mol. The Bertz CT molecular complexity index is 471. The Morgan fingerprint density at radius 3 is 2.87 bits per heavy atom. The van der Waals surface area contributed by atoms with Crippen molar-refractivity contribution in [2.24, 2.45) is 5.73 Å². The number of halogens is 1. The van der Waals surface area contributed by atoms with Crippen LogP contribution in [0.3, 0.4) is 0 Å². The fraction of sp³-hybridized carbons (Fsp3) is 0.0909. The first-order chi connectivity index (χ1) is 7.29. The van der Waals surface area contributed by atoms with E-state index in [1.54, 1.807) is 6.20 Å². The van der Waals surface area contributed by atoms with Gasteiger partial charge in [-0.3, -0.25) is 0 Å². The van der Waals surface area contributed by atoms with Gasteiger partial charge in [0.15, 0.2) is 5.82 Å². The van der Waals surface area contributed by atoms with Crippen molar-refractivity contribution in [3.05, 3.63) is 46.7 Å². The number of hydrogen-bond donors (Lipinski definition) is 1. The minimum absolute atomic E-state index is 0.434. The van der Waals surface area contributed by atoms with Crippen molar-refractivity contribution in [1.82, 2.24) is 9.97 Å². The monoisotopic (exact) mass is 263 g/mol. The van der Waals surface area contributed by atoms with Crippen LogP contribution in [-0.4, -0.2) is 9.97 Å². The standard InChI is InChI=1S/C11H10BrN3/c12-9-3-1-2-8(6-9)11-14-5-4-10(7-13)15-11/h1-6H,7,13H2.